The molecule has 3 aromatic heterocycles. The molecule has 0 radical (unpaired) electrons. The third-order valence-corrected chi connectivity index (χ3v) is 4.40. The Morgan fingerprint density at radius 2 is 2.04 bits per heavy atom. The number of nitrogens with zero attached hydrogens (tertiary/aromatic N) is 2. The lowest BCUT2D eigenvalue weighted by molar-refractivity contribution is -0.121. The first-order chi connectivity index (χ1) is 12.4. The average molecular weight is 354 g/mol. The molecule has 0 spiro atoms. The SMILES string of the molecule is Cc1nccc2[nH]c(=O)c(CC(=O)N[C@H](C)c3ncccc3F)c(C)c12. The number of amides is 1. The number of aromatic nitrogens is 3. The van der Waals surface area contributed by atoms with Crippen LogP contribution in [-0.4, -0.2) is 20.9 Å². The van der Waals surface area contributed by atoms with Crippen LogP contribution in [0.3, 0.4) is 0 Å². The van der Waals surface area contributed by atoms with E-state index in [0.29, 0.717) is 11.1 Å². The molecule has 0 saturated heterocycles. The highest BCUT2D eigenvalue weighted by Gasteiger charge is 2.18. The Labute approximate surface area is 149 Å². The number of pyridine rings is 3. The van der Waals surface area contributed by atoms with Crippen molar-refractivity contribution in [2.24, 2.45) is 0 Å². The van der Waals surface area contributed by atoms with E-state index in [2.05, 4.69) is 20.3 Å². The van der Waals surface area contributed by atoms with Crippen molar-refractivity contribution in [1.29, 1.82) is 0 Å². The summed E-state index contributed by atoms with van der Waals surface area (Å²) in [5, 5.41) is 3.52. The van der Waals surface area contributed by atoms with Crippen molar-refractivity contribution in [1.82, 2.24) is 20.3 Å². The summed E-state index contributed by atoms with van der Waals surface area (Å²) in [7, 11) is 0. The zero-order valence-corrected chi connectivity index (χ0v) is 14.8. The molecule has 0 bridgehead atoms. The maximum absolute atomic E-state index is 13.8. The number of aromatic amines is 1. The quantitative estimate of drug-likeness (QED) is 0.753. The van der Waals surface area contributed by atoms with Crippen LogP contribution >= 0.6 is 0 Å². The lowest BCUT2D eigenvalue weighted by Crippen LogP contribution is -2.31. The summed E-state index contributed by atoms with van der Waals surface area (Å²) in [4.78, 5) is 35.8. The number of H-pyrrole nitrogens is 1. The van der Waals surface area contributed by atoms with Gasteiger partial charge >= 0.3 is 0 Å². The monoisotopic (exact) mass is 354 g/mol. The topological polar surface area (TPSA) is 87.7 Å². The van der Waals surface area contributed by atoms with Gasteiger partial charge in [-0.15, -0.1) is 0 Å². The zero-order valence-electron chi connectivity index (χ0n) is 14.8. The smallest absolute Gasteiger partial charge is 0.252 e. The number of halogens is 1. The van der Waals surface area contributed by atoms with Gasteiger partial charge in [0.15, 0.2) is 0 Å². The van der Waals surface area contributed by atoms with Gasteiger partial charge in [0.25, 0.3) is 5.56 Å². The lowest BCUT2D eigenvalue weighted by atomic mass is 10.0. The predicted molar refractivity (Wildman–Crippen MR) is 96.3 cm³/mol. The van der Waals surface area contributed by atoms with Gasteiger partial charge in [-0.25, -0.2) is 4.39 Å². The molecule has 1 atom stereocenters. The predicted octanol–water partition coefficient (Wildman–Crippen LogP) is 2.49. The van der Waals surface area contributed by atoms with Crippen molar-refractivity contribution >= 4 is 16.8 Å². The zero-order chi connectivity index (χ0) is 18.8. The minimum absolute atomic E-state index is 0.107. The van der Waals surface area contributed by atoms with Gasteiger partial charge in [0.2, 0.25) is 5.91 Å². The normalized spacial score (nSPS) is 12.2. The van der Waals surface area contributed by atoms with E-state index in [1.807, 2.05) is 6.92 Å². The standard InChI is InChI=1S/C19H19FN4O2/c1-10-13(19(26)24-15-6-8-21-11(2)17(10)15)9-16(25)23-12(3)18-14(20)5-4-7-22-18/h4-8,12H,9H2,1-3H3,(H,23,25)(H,24,26)/t12-/m1/s1. The highest BCUT2D eigenvalue weighted by atomic mass is 19.1. The first kappa shape index (κ1) is 17.7. The number of carbonyl (C=O) groups excluding carboxylic acids is 1. The van der Waals surface area contributed by atoms with E-state index in [-0.39, 0.29) is 23.6 Å². The van der Waals surface area contributed by atoms with E-state index in [9.17, 15) is 14.0 Å². The maximum atomic E-state index is 13.8. The Hall–Kier alpha value is -3.09. The second kappa shape index (κ2) is 7.03. The number of hydrogen-bond acceptors (Lipinski definition) is 4. The summed E-state index contributed by atoms with van der Waals surface area (Å²) < 4.78 is 13.8. The Morgan fingerprint density at radius 3 is 2.77 bits per heavy atom. The molecule has 6 nitrogen and oxygen atoms in total. The molecule has 0 aromatic carbocycles. The van der Waals surface area contributed by atoms with Crippen molar-refractivity contribution in [2.75, 3.05) is 0 Å². The fourth-order valence-electron chi connectivity index (χ4n) is 3.11. The molecular formula is C19H19FN4O2. The van der Waals surface area contributed by atoms with E-state index < -0.39 is 11.9 Å². The number of fused-ring (bicyclic) bond motifs is 1. The van der Waals surface area contributed by atoms with Gasteiger partial charge in [-0.2, -0.15) is 0 Å². The van der Waals surface area contributed by atoms with Crippen molar-refractivity contribution in [2.45, 2.75) is 33.2 Å². The maximum Gasteiger partial charge on any atom is 0.252 e. The first-order valence-electron chi connectivity index (χ1n) is 8.25. The van der Waals surface area contributed by atoms with E-state index in [1.165, 1.54) is 18.3 Å². The second-order valence-corrected chi connectivity index (χ2v) is 6.21. The van der Waals surface area contributed by atoms with Crippen LogP contribution in [0.2, 0.25) is 0 Å². The molecule has 0 unspecified atom stereocenters. The van der Waals surface area contributed by atoms with Gasteiger partial charge in [-0.1, -0.05) is 0 Å². The second-order valence-electron chi connectivity index (χ2n) is 6.21. The van der Waals surface area contributed by atoms with Crippen molar-refractivity contribution in [3.63, 3.8) is 0 Å². The van der Waals surface area contributed by atoms with E-state index in [0.717, 1.165) is 16.6 Å². The molecule has 1 amide bonds. The molecule has 3 aromatic rings. The molecule has 2 N–H and O–H groups in total. The molecule has 134 valence electrons. The molecule has 3 heterocycles. The number of nitrogens with one attached hydrogen (secondary N) is 2. The number of carbonyl (C=O) groups is 1. The van der Waals surface area contributed by atoms with E-state index in [4.69, 9.17) is 0 Å². The van der Waals surface area contributed by atoms with Gasteiger partial charge in [-0.3, -0.25) is 19.6 Å². The van der Waals surface area contributed by atoms with Crippen LogP contribution in [0.5, 0.6) is 0 Å². The van der Waals surface area contributed by atoms with Crippen molar-refractivity contribution < 1.29 is 9.18 Å². The Balaban J connectivity index is 1.87. The molecule has 0 aliphatic heterocycles. The summed E-state index contributed by atoms with van der Waals surface area (Å²) in [5.41, 5.74) is 2.41. The van der Waals surface area contributed by atoms with Crippen molar-refractivity contribution in [3.8, 4) is 0 Å². The van der Waals surface area contributed by atoms with Crippen molar-refractivity contribution in [3.05, 3.63) is 69.3 Å². The molecular weight excluding hydrogens is 335 g/mol. The summed E-state index contributed by atoms with van der Waals surface area (Å²) in [6.45, 7) is 5.30. The average Bonchev–Trinajstić information content (AvgIpc) is 2.58. The van der Waals surface area contributed by atoms with Crippen LogP contribution in [0, 0.1) is 19.7 Å². The van der Waals surface area contributed by atoms with Gasteiger partial charge in [0.05, 0.1) is 23.7 Å². The summed E-state index contributed by atoms with van der Waals surface area (Å²) in [6, 6.07) is 3.90. The summed E-state index contributed by atoms with van der Waals surface area (Å²) >= 11 is 0. The van der Waals surface area contributed by atoms with Crippen LogP contribution in [0.25, 0.3) is 10.9 Å². The van der Waals surface area contributed by atoms with Gasteiger partial charge in [0.1, 0.15) is 5.82 Å². The Kier molecular flexibility index (Phi) is 4.79. The largest absolute Gasteiger partial charge is 0.348 e. The van der Waals surface area contributed by atoms with E-state index >= 15 is 0 Å². The fraction of sp³-hybridized carbons (Fsp3) is 0.263. The van der Waals surface area contributed by atoms with E-state index in [1.54, 1.807) is 26.1 Å². The van der Waals surface area contributed by atoms with Crippen LogP contribution in [-0.2, 0) is 11.2 Å². The van der Waals surface area contributed by atoms with Gasteiger partial charge in [0, 0.05) is 29.0 Å². The van der Waals surface area contributed by atoms with Crippen LogP contribution in [0.4, 0.5) is 4.39 Å². The summed E-state index contributed by atoms with van der Waals surface area (Å²) in [5.74, 6) is -0.862. The molecule has 0 aliphatic rings. The Bertz CT molecular complexity index is 1050. The van der Waals surface area contributed by atoms with Crippen LogP contribution in [0.1, 0.15) is 35.5 Å². The molecule has 3 rings (SSSR count). The number of rotatable bonds is 4. The van der Waals surface area contributed by atoms with Crippen LogP contribution in [0.15, 0.2) is 35.4 Å². The highest BCUT2D eigenvalue weighted by molar-refractivity contribution is 5.87. The third-order valence-electron chi connectivity index (χ3n) is 4.40. The third kappa shape index (κ3) is 3.33. The molecule has 7 heteroatoms. The summed E-state index contributed by atoms with van der Waals surface area (Å²) in [6.07, 6.45) is 2.99. The fourth-order valence-corrected chi connectivity index (χ4v) is 3.11. The minimum Gasteiger partial charge on any atom is -0.348 e. The van der Waals surface area contributed by atoms with Gasteiger partial charge in [-0.05, 0) is 44.5 Å². The molecule has 26 heavy (non-hydrogen) atoms. The molecule has 0 fully saturated rings. The lowest BCUT2D eigenvalue weighted by Gasteiger charge is -2.15. The van der Waals surface area contributed by atoms with Gasteiger partial charge < -0.3 is 10.3 Å². The minimum atomic E-state index is -0.605. The molecule has 0 saturated carbocycles. The molecule has 0 aliphatic carbocycles. The number of hydrogen-bond donors (Lipinski definition) is 2. The first-order valence-corrected chi connectivity index (χ1v) is 8.25. The highest BCUT2D eigenvalue weighted by Crippen LogP contribution is 2.20. The number of aryl methyl sites for hydroxylation is 2. The van der Waals surface area contributed by atoms with Crippen LogP contribution < -0.4 is 10.9 Å². The Morgan fingerprint density at radius 1 is 1.27 bits per heavy atom.